The first-order chi connectivity index (χ1) is 14.9. The van der Waals surface area contributed by atoms with Gasteiger partial charge in [-0.15, -0.1) is 0 Å². The lowest BCUT2D eigenvalue weighted by Crippen LogP contribution is -2.47. The van der Waals surface area contributed by atoms with E-state index in [0.29, 0.717) is 36.7 Å². The van der Waals surface area contributed by atoms with Crippen molar-refractivity contribution in [1.29, 1.82) is 0 Å². The predicted octanol–water partition coefficient (Wildman–Crippen LogP) is 4.56. The summed E-state index contributed by atoms with van der Waals surface area (Å²) in [5, 5.41) is 3.36. The van der Waals surface area contributed by atoms with E-state index in [4.69, 9.17) is 21.1 Å². The number of nitrogens with zero attached hydrogens (tertiary/aromatic N) is 1. The topological polar surface area (TPSA) is 50.8 Å². The van der Waals surface area contributed by atoms with E-state index in [-0.39, 0.29) is 36.3 Å². The van der Waals surface area contributed by atoms with Gasteiger partial charge in [-0.3, -0.25) is 9.69 Å². The van der Waals surface area contributed by atoms with Crippen molar-refractivity contribution in [1.82, 2.24) is 10.2 Å². The van der Waals surface area contributed by atoms with Crippen LogP contribution in [0.1, 0.15) is 43.4 Å². The van der Waals surface area contributed by atoms with Crippen LogP contribution in [0.15, 0.2) is 42.5 Å². The third-order valence-electron chi connectivity index (χ3n) is 5.70. The Morgan fingerprint density at radius 1 is 1.32 bits per heavy atom. The number of morpholine rings is 1. The number of amides is 1. The maximum absolute atomic E-state index is 14.7. The first kappa shape index (κ1) is 23.5. The van der Waals surface area contributed by atoms with Gasteiger partial charge in [0.05, 0.1) is 25.9 Å². The second-order valence-corrected chi connectivity index (χ2v) is 8.39. The van der Waals surface area contributed by atoms with Gasteiger partial charge in [-0.25, -0.2) is 4.39 Å². The molecule has 1 N–H and O–H groups in total. The summed E-state index contributed by atoms with van der Waals surface area (Å²) in [6, 6.07) is 12.0. The molecule has 1 aliphatic rings. The molecule has 0 aliphatic carbocycles. The van der Waals surface area contributed by atoms with E-state index >= 15 is 0 Å². The zero-order chi connectivity index (χ0) is 22.4. The Kier molecular flexibility index (Phi) is 8.29. The van der Waals surface area contributed by atoms with E-state index in [2.05, 4.69) is 10.2 Å². The molecular formula is C24H30ClFN2O3. The van der Waals surface area contributed by atoms with E-state index in [9.17, 15) is 9.18 Å². The lowest BCUT2D eigenvalue weighted by Gasteiger charge is -2.38. The highest BCUT2D eigenvalue weighted by molar-refractivity contribution is 6.31. The van der Waals surface area contributed by atoms with Crippen molar-refractivity contribution >= 4 is 17.5 Å². The zero-order valence-electron chi connectivity index (χ0n) is 18.2. The SMILES string of the molecule is COc1ccccc1C(C)CC(=O)NCC(c1c(F)cccc1Cl)N1CCOC(C)C1. The lowest BCUT2D eigenvalue weighted by molar-refractivity contribution is -0.121. The van der Waals surface area contributed by atoms with Crippen molar-refractivity contribution in [2.24, 2.45) is 0 Å². The van der Waals surface area contributed by atoms with Gasteiger partial charge in [0.1, 0.15) is 11.6 Å². The summed E-state index contributed by atoms with van der Waals surface area (Å²) in [7, 11) is 1.62. The molecule has 168 valence electrons. The van der Waals surface area contributed by atoms with Gasteiger partial charge < -0.3 is 14.8 Å². The van der Waals surface area contributed by atoms with Crippen LogP contribution >= 0.6 is 11.6 Å². The number of para-hydroxylation sites is 1. The highest BCUT2D eigenvalue weighted by atomic mass is 35.5. The fraction of sp³-hybridized carbons (Fsp3) is 0.458. The van der Waals surface area contributed by atoms with Gasteiger partial charge in [0.2, 0.25) is 5.91 Å². The van der Waals surface area contributed by atoms with E-state index in [1.165, 1.54) is 6.07 Å². The Hall–Kier alpha value is -2.15. The summed E-state index contributed by atoms with van der Waals surface area (Å²) in [5.41, 5.74) is 1.40. The molecular weight excluding hydrogens is 419 g/mol. The monoisotopic (exact) mass is 448 g/mol. The van der Waals surface area contributed by atoms with E-state index in [1.807, 2.05) is 38.1 Å². The molecule has 3 rings (SSSR count). The number of hydrogen-bond acceptors (Lipinski definition) is 4. The number of halogens is 2. The fourth-order valence-corrected chi connectivity index (χ4v) is 4.40. The van der Waals surface area contributed by atoms with Crippen LogP contribution in [-0.2, 0) is 9.53 Å². The summed E-state index contributed by atoms with van der Waals surface area (Å²) in [5.74, 6) is 0.279. The van der Waals surface area contributed by atoms with Gasteiger partial charge in [-0.2, -0.15) is 0 Å². The van der Waals surface area contributed by atoms with E-state index in [1.54, 1.807) is 19.2 Å². The average Bonchev–Trinajstić information content (AvgIpc) is 2.75. The lowest BCUT2D eigenvalue weighted by atomic mass is 9.96. The Labute approximate surface area is 188 Å². The molecule has 3 unspecified atom stereocenters. The summed E-state index contributed by atoms with van der Waals surface area (Å²) in [6.45, 7) is 6.09. The van der Waals surface area contributed by atoms with Crippen molar-refractivity contribution in [3.63, 3.8) is 0 Å². The van der Waals surface area contributed by atoms with Crippen LogP contribution < -0.4 is 10.1 Å². The van der Waals surface area contributed by atoms with Crippen LogP contribution in [0, 0.1) is 5.82 Å². The van der Waals surface area contributed by atoms with Crippen molar-refractivity contribution in [3.8, 4) is 5.75 Å². The van der Waals surface area contributed by atoms with Crippen LogP contribution in [0.3, 0.4) is 0 Å². The number of methoxy groups -OCH3 is 1. The zero-order valence-corrected chi connectivity index (χ0v) is 19.0. The van der Waals surface area contributed by atoms with Gasteiger partial charge in [0.15, 0.2) is 0 Å². The second kappa shape index (κ2) is 10.9. The van der Waals surface area contributed by atoms with Crippen LogP contribution in [0.2, 0.25) is 5.02 Å². The summed E-state index contributed by atoms with van der Waals surface area (Å²) < 4.78 is 25.8. The quantitative estimate of drug-likeness (QED) is 0.643. The van der Waals surface area contributed by atoms with Crippen molar-refractivity contribution in [2.75, 3.05) is 33.4 Å². The summed E-state index contributed by atoms with van der Waals surface area (Å²) in [4.78, 5) is 14.9. The van der Waals surface area contributed by atoms with Gasteiger partial charge in [0.25, 0.3) is 0 Å². The Balaban J connectivity index is 1.72. The number of rotatable bonds is 8. The summed E-state index contributed by atoms with van der Waals surface area (Å²) >= 11 is 6.37. The molecule has 31 heavy (non-hydrogen) atoms. The largest absolute Gasteiger partial charge is 0.496 e. The maximum Gasteiger partial charge on any atom is 0.220 e. The third kappa shape index (κ3) is 5.97. The minimum atomic E-state index is -0.370. The highest BCUT2D eigenvalue weighted by Gasteiger charge is 2.29. The van der Waals surface area contributed by atoms with Gasteiger partial charge in [-0.05, 0) is 36.6 Å². The van der Waals surface area contributed by atoms with E-state index < -0.39 is 0 Å². The molecule has 2 aromatic carbocycles. The number of ether oxygens (including phenoxy) is 2. The Bertz CT molecular complexity index is 875. The van der Waals surface area contributed by atoms with Crippen LogP contribution in [-0.4, -0.2) is 50.3 Å². The van der Waals surface area contributed by atoms with Crippen molar-refractivity contribution in [3.05, 3.63) is 64.4 Å². The molecule has 1 heterocycles. The average molecular weight is 449 g/mol. The molecule has 0 radical (unpaired) electrons. The molecule has 5 nitrogen and oxygen atoms in total. The number of hydrogen-bond donors (Lipinski definition) is 1. The van der Waals surface area contributed by atoms with E-state index in [0.717, 1.165) is 11.3 Å². The molecule has 2 aromatic rings. The first-order valence-electron chi connectivity index (χ1n) is 10.6. The van der Waals surface area contributed by atoms with Crippen LogP contribution in [0.4, 0.5) is 4.39 Å². The van der Waals surface area contributed by atoms with Gasteiger partial charge in [0, 0.05) is 36.6 Å². The molecule has 1 aliphatic heterocycles. The predicted molar refractivity (Wildman–Crippen MR) is 120 cm³/mol. The smallest absolute Gasteiger partial charge is 0.220 e. The van der Waals surface area contributed by atoms with Gasteiger partial charge in [-0.1, -0.05) is 42.8 Å². The molecule has 0 aromatic heterocycles. The Morgan fingerprint density at radius 2 is 2.10 bits per heavy atom. The molecule has 0 saturated carbocycles. The number of carbonyl (C=O) groups excluding carboxylic acids is 1. The standard InChI is InChI=1S/C24H30ClFN2O3/c1-16(18-7-4-5-10-22(18)30-3)13-23(29)27-14-21(28-11-12-31-17(2)15-28)24-19(25)8-6-9-20(24)26/h4-10,16-17,21H,11-15H2,1-3H3,(H,27,29). The number of nitrogens with one attached hydrogen (secondary N) is 1. The third-order valence-corrected chi connectivity index (χ3v) is 6.03. The number of benzene rings is 2. The van der Waals surface area contributed by atoms with Crippen molar-refractivity contribution < 1.29 is 18.7 Å². The van der Waals surface area contributed by atoms with Gasteiger partial charge >= 0.3 is 0 Å². The highest BCUT2D eigenvalue weighted by Crippen LogP contribution is 2.32. The minimum Gasteiger partial charge on any atom is -0.496 e. The fourth-order valence-electron chi connectivity index (χ4n) is 4.12. The second-order valence-electron chi connectivity index (χ2n) is 7.98. The molecule has 0 bridgehead atoms. The minimum absolute atomic E-state index is 0.0185. The molecule has 1 saturated heterocycles. The number of carbonyl (C=O) groups is 1. The maximum atomic E-state index is 14.7. The van der Waals surface area contributed by atoms with Crippen molar-refractivity contribution in [2.45, 2.75) is 38.3 Å². The van der Waals surface area contributed by atoms with Crippen LogP contribution in [0.5, 0.6) is 5.75 Å². The Morgan fingerprint density at radius 3 is 2.81 bits per heavy atom. The molecule has 3 atom stereocenters. The molecule has 1 amide bonds. The first-order valence-corrected chi connectivity index (χ1v) is 11.0. The summed E-state index contributed by atoms with van der Waals surface area (Å²) in [6.07, 6.45) is 0.334. The van der Waals surface area contributed by atoms with Crippen LogP contribution in [0.25, 0.3) is 0 Å². The molecule has 7 heteroatoms. The molecule has 1 fully saturated rings. The molecule has 0 spiro atoms. The normalized spacial score (nSPS) is 18.9.